The Kier molecular flexibility index (Phi) is 5.05. The molecular formula is C16H15NO3S2. The highest BCUT2D eigenvalue weighted by Crippen LogP contribution is 2.32. The third-order valence-corrected chi connectivity index (χ3v) is 4.47. The van der Waals surface area contributed by atoms with Crippen molar-refractivity contribution in [3.05, 3.63) is 59.2 Å². The third kappa shape index (κ3) is 3.40. The Hall–Kier alpha value is -2.05. The number of thioether (sulfide) groups is 1. The molecule has 1 heterocycles. The van der Waals surface area contributed by atoms with Crippen LogP contribution < -0.4 is 0 Å². The zero-order chi connectivity index (χ0) is 16.3. The van der Waals surface area contributed by atoms with Gasteiger partial charge in [-0.3, -0.25) is 9.69 Å². The highest BCUT2D eigenvalue weighted by atomic mass is 32.2. The van der Waals surface area contributed by atoms with Crippen LogP contribution in [0.2, 0.25) is 0 Å². The molecule has 0 bridgehead atoms. The number of hydrogen-bond acceptors (Lipinski definition) is 5. The number of likely N-dealkylation sites (N-methyl/N-ethyl adjacent to an activating group) is 1. The molecule has 0 radical (unpaired) electrons. The predicted molar refractivity (Wildman–Crippen MR) is 93.0 cm³/mol. The fourth-order valence-corrected chi connectivity index (χ4v) is 2.91. The zero-order valence-corrected chi connectivity index (χ0v) is 13.8. The summed E-state index contributed by atoms with van der Waals surface area (Å²) in [4.78, 5) is 13.9. The topological polar surface area (TPSA) is 49.8 Å². The second kappa shape index (κ2) is 6.81. The number of hydrogen-bond donors (Lipinski definition) is 1. The first-order valence-corrected chi connectivity index (χ1v) is 7.69. The zero-order valence-electron chi connectivity index (χ0n) is 12.2. The van der Waals surface area contributed by atoms with Crippen LogP contribution in [0.25, 0.3) is 5.76 Å². The van der Waals surface area contributed by atoms with Crippen LogP contribution in [-0.4, -0.2) is 27.3 Å². The van der Waals surface area contributed by atoms with E-state index in [1.807, 2.05) is 0 Å². The molecule has 0 saturated carbocycles. The van der Waals surface area contributed by atoms with E-state index in [0.29, 0.717) is 26.3 Å². The lowest BCUT2D eigenvalue weighted by molar-refractivity contribution is -0.121. The van der Waals surface area contributed by atoms with E-state index in [1.165, 1.54) is 16.7 Å². The molecule has 1 amide bonds. The summed E-state index contributed by atoms with van der Waals surface area (Å²) in [7, 11) is 1.63. The monoisotopic (exact) mass is 333 g/mol. The van der Waals surface area contributed by atoms with Crippen LogP contribution in [0.3, 0.4) is 0 Å². The number of aromatic hydroxyl groups is 1. The highest BCUT2D eigenvalue weighted by Gasteiger charge is 2.29. The van der Waals surface area contributed by atoms with Crippen LogP contribution in [0.15, 0.2) is 53.7 Å². The second-order valence-electron chi connectivity index (χ2n) is 4.47. The highest BCUT2D eigenvalue weighted by molar-refractivity contribution is 8.26. The van der Waals surface area contributed by atoms with Crippen molar-refractivity contribution in [3.8, 4) is 5.75 Å². The van der Waals surface area contributed by atoms with E-state index in [2.05, 4.69) is 6.58 Å². The molecule has 6 heteroatoms. The average molecular weight is 333 g/mol. The van der Waals surface area contributed by atoms with E-state index in [-0.39, 0.29) is 11.7 Å². The smallest absolute Gasteiger partial charge is 0.266 e. The molecule has 2 rings (SSSR count). The summed E-state index contributed by atoms with van der Waals surface area (Å²) in [5, 5.41) is 9.80. The maximum atomic E-state index is 12.0. The predicted octanol–water partition coefficient (Wildman–Crippen LogP) is 3.66. The first kappa shape index (κ1) is 16.3. The van der Waals surface area contributed by atoms with Crippen LogP contribution >= 0.6 is 24.0 Å². The van der Waals surface area contributed by atoms with Gasteiger partial charge in [0.15, 0.2) is 0 Å². The van der Waals surface area contributed by atoms with E-state index < -0.39 is 0 Å². The van der Waals surface area contributed by atoms with Crippen molar-refractivity contribution in [2.75, 3.05) is 7.05 Å². The number of carbonyl (C=O) groups is 1. The molecule has 1 fully saturated rings. The number of phenols is 1. The molecule has 1 saturated heterocycles. The van der Waals surface area contributed by atoms with E-state index in [1.54, 1.807) is 50.4 Å². The molecule has 1 aliphatic heterocycles. The first-order chi connectivity index (χ1) is 10.4. The largest absolute Gasteiger partial charge is 0.507 e. The number of amides is 1. The van der Waals surface area contributed by atoms with Crippen molar-refractivity contribution in [3.63, 3.8) is 0 Å². The quantitative estimate of drug-likeness (QED) is 0.518. The van der Waals surface area contributed by atoms with Gasteiger partial charge in [0.05, 0.1) is 10.5 Å². The van der Waals surface area contributed by atoms with Crippen molar-refractivity contribution in [1.82, 2.24) is 4.90 Å². The number of thiocarbonyl (C=S) groups is 1. The van der Waals surface area contributed by atoms with Gasteiger partial charge in [-0.1, -0.05) is 42.7 Å². The Bertz CT molecular complexity index is 707. The van der Waals surface area contributed by atoms with Gasteiger partial charge in [0.1, 0.15) is 21.6 Å². The van der Waals surface area contributed by atoms with Gasteiger partial charge in [-0.05, 0) is 25.1 Å². The molecule has 0 unspecified atom stereocenters. The summed E-state index contributed by atoms with van der Waals surface area (Å²) in [5.74, 6) is 0.686. The van der Waals surface area contributed by atoms with Gasteiger partial charge in [-0.15, -0.1) is 0 Å². The van der Waals surface area contributed by atoms with E-state index >= 15 is 0 Å². The number of rotatable bonds is 4. The maximum absolute atomic E-state index is 12.0. The fourth-order valence-electron chi connectivity index (χ4n) is 1.75. The van der Waals surface area contributed by atoms with Crippen LogP contribution in [0.4, 0.5) is 0 Å². The van der Waals surface area contributed by atoms with Crippen molar-refractivity contribution < 1.29 is 14.6 Å². The molecule has 4 nitrogen and oxygen atoms in total. The lowest BCUT2D eigenvalue weighted by Gasteiger charge is -2.11. The molecule has 114 valence electrons. The Balaban J connectivity index is 2.18. The molecular weight excluding hydrogens is 318 g/mol. The summed E-state index contributed by atoms with van der Waals surface area (Å²) in [6, 6.07) is 6.76. The van der Waals surface area contributed by atoms with Crippen LogP contribution in [0.5, 0.6) is 5.75 Å². The molecule has 1 aromatic rings. The lowest BCUT2D eigenvalue weighted by Crippen LogP contribution is -2.22. The molecule has 0 aliphatic carbocycles. The number of para-hydroxylation sites is 1. The fraction of sp³-hybridized carbons (Fsp3) is 0.125. The van der Waals surface area contributed by atoms with Gasteiger partial charge in [-0.25, -0.2) is 0 Å². The van der Waals surface area contributed by atoms with Crippen molar-refractivity contribution in [2.45, 2.75) is 6.92 Å². The first-order valence-electron chi connectivity index (χ1n) is 6.47. The number of nitrogens with zero attached hydrogens (tertiary/aromatic N) is 1. The minimum absolute atomic E-state index is 0.0860. The summed E-state index contributed by atoms with van der Waals surface area (Å²) in [5.41, 5.74) is 0.498. The average Bonchev–Trinajstić information content (AvgIpc) is 2.74. The second-order valence-corrected chi connectivity index (χ2v) is 6.15. The van der Waals surface area contributed by atoms with Crippen molar-refractivity contribution in [2.24, 2.45) is 0 Å². The number of carbonyl (C=O) groups excluding carboxylic acids is 1. The van der Waals surface area contributed by atoms with Gasteiger partial charge >= 0.3 is 0 Å². The molecule has 22 heavy (non-hydrogen) atoms. The van der Waals surface area contributed by atoms with E-state index in [9.17, 15) is 9.90 Å². The van der Waals surface area contributed by atoms with Gasteiger partial charge < -0.3 is 9.84 Å². The molecule has 0 aromatic heterocycles. The van der Waals surface area contributed by atoms with Gasteiger partial charge in [0, 0.05) is 13.1 Å². The van der Waals surface area contributed by atoms with Gasteiger partial charge in [0.25, 0.3) is 5.91 Å². The van der Waals surface area contributed by atoms with Crippen molar-refractivity contribution >= 4 is 40.0 Å². The third-order valence-electron chi connectivity index (χ3n) is 2.99. The number of allylic oxidation sites excluding steroid dienone is 2. The lowest BCUT2D eigenvalue weighted by atomic mass is 10.2. The summed E-state index contributed by atoms with van der Waals surface area (Å²) >= 11 is 6.30. The normalized spacial score (nSPS) is 17.3. The number of ether oxygens (including phenoxy) is 1. The molecule has 1 aromatic carbocycles. The van der Waals surface area contributed by atoms with E-state index in [0.717, 1.165) is 0 Å². The summed E-state index contributed by atoms with van der Waals surface area (Å²) in [6.07, 6.45) is 3.33. The molecule has 1 aliphatic rings. The van der Waals surface area contributed by atoms with Gasteiger partial charge in [-0.2, -0.15) is 0 Å². The Morgan fingerprint density at radius 1 is 1.45 bits per heavy atom. The van der Waals surface area contributed by atoms with E-state index in [4.69, 9.17) is 17.0 Å². The van der Waals surface area contributed by atoms with Gasteiger partial charge in [0.2, 0.25) is 0 Å². The number of benzene rings is 1. The molecule has 0 spiro atoms. The minimum atomic E-state index is -0.161. The molecule has 0 atom stereocenters. The van der Waals surface area contributed by atoms with Crippen LogP contribution in [-0.2, 0) is 9.53 Å². The molecule has 1 N–H and O–H groups in total. The summed E-state index contributed by atoms with van der Waals surface area (Å²) < 4.78 is 6.16. The Labute approximate surface area is 138 Å². The maximum Gasteiger partial charge on any atom is 0.266 e. The Morgan fingerprint density at radius 2 is 2.14 bits per heavy atom. The SMILES string of the molecule is C=C(OC(=C\C)/C=C1\SC(=S)N(C)C1=O)c1ccccc1O. The minimum Gasteiger partial charge on any atom is -0.507 e. The van der Waals surface area contributed by atoms with Crippen molar-refractivity contribution in [1.29, 1.82) is 0 Å². The van der Waals surface area contributed by atoms with Crippen LogP contribution in [0, 0.1) is 0 Å². The number of phenolic OH excluding ortho intramolecular Hbond substituents is 1. The Morgan fingerprint density at radius 3 is 2.68 bits per heavy atom. The standard InChI is InChI=1S/C16H15NO3S2/c1-4-11(9-14-15(19)17(3)16(21)22-14)20-10(2)12-7-5-6-8-13(12)18/h4-9,18H,2H2,1,3H3/b11-4-,14-9-. The van der Waals surface area contributed by atoms with Crippen LogP contribution in [0.1, 0.15) is 12.5 Å². The summed E-state index contributed by atoms with van der Waals surface area (Å²) in [6.45, 7) is 5.61.